The van der Waals surface area contributed by atoms with Gasteiger partial charge >= 0.3 is 0 Å². The number of carbonyl (C=O) groups excluding carboxylic acids is 1. The highest BCUT2D eigenvalue weighted by Crippen LogP contribution is 2.25. The summed E-state index contributed by atoms with van der Waals surface area (Å²) >= 11 is 0. The van der Waals surface area contributed by atoms with E-state index in [1.807, 2.05) is 12.1 Å². The molecule has 0 bridgehead atoms. The van der Waals surface area contributed by atoms with Crippen LogP contribution in [0.3, 0.4) is 0 Å². The molecule has 132 valence electrons. The molecule has 2 aromatic carbocycles. The standard InChI is InChI=1S/C21H20FN3O/c1-13-3-4-15(11-14(13)2)19-12-20(21(26)23-17-7-8-17)25(24-19)18-9-5-16(22)6-10-18/h3-6,9-12,17H,7-8H2,1-2H3,(H,23,26). The fourth-order valence-electron chi connectivity index (χ4n) is 2.85. The van der Waals surface area contributed by atoms with E-state index >= 15 is 0 Å². The molecule has 0 radical (unpaired) electrons. The van der Waals surface area contributed by atoms with Crippen molar-refractivity contribution in [2.24, 2.45) is 0 Å². The molecule has 1 heterocycles. The van der Waals surface area contributed by atoms with Crippen molar-refractivity contribution in [3.05, 3.63) is 71.2 Å². The molecule has 5 heteroatoms. The minimum atomic E-state index is -0.320. The van der Waals surface area contributed by atoms with Gasteiger partial charge in [-0.2, -0.15) is 5.10 Å². The molecule has 0 atom stereocenters. The van der Waals surface area contributed by atoms with Gasteiger partial charge in [-0.15, -0.1) is 0 Å². The van der Waals surface area contributed by atoms with Gasteiger partial charge in [-0.05, 0) is 74.2 Å². The van der Waals surface area contributed by atoms with E-state index in [4.69, 9.17) is 0 Å². The van der Waals surface area contributed by atoms with Crippen molar-refractivity contribution in [3.63, 3.8) is 0 Å². The lowest BCUT2D eigenvalue weighted by Crippen LogP contribution is -2.27. The van der Waals surface area contributed by atoms with Gasteiger partial charge in [0.05, 0.1) is 11.4 Å². The van der Waals surface area contributed by atoms with Crippen molar-refractivity contribution >= 4 is 5.91 Å². The summed E-state index contributed by atoms with van der Waals surface area (Å²) in [4.78, 5) is 12.7. The zero-order valence-corrected chi connectivity index (χ0v) is 14.8. The molecule has 0 aliphatic heterocycles. The van der Waals surface area contributed by atoms with E-state index in [2.05, 4.69) is 30.3 Å². The molecule has 1 aliphatic carbocycles. The van der Waals surface area contributed by atoms with Crippen LogP contribution >= 0.6 is 0 Å². The predicted octanol–water partition coefficient (Wildman–Crippen LogP) is 4.19. The van der Waals surface area contributed by atoms with E-state index < -0.39 is 0 Å². The van der Waals surface area contributed by atoms with Gasteiger partial charge in [0.15, 0.2) is 0 Å². The first-order valence-corrected chi connectivity index (χ1v) is 8.76. The number of hydrogen-bond donors (Lipinski definition) is 1. The molecule has 0 saturated heterocycles. The second-order valence-electron chi connectivity index (χ2n) is 6.85. The highest BCUT2D eigenvalue weighted by atomic mass is 19.1. The molecular weight excluding hydrogens is 329 g/mol. The number of nitrogens with one attached hydrogen (secondary N) is 1. The Bertz CT molecular complexity index is 971. The van der Waals surface area contributed by atoms with Crippen molar-refractivity contribution in [2.45, 2.75) is 32.7 Å². The molecule has 0 spiro atoms. The SMILES string of the molecule is Cc1ccc(-c2cc(C(=O)NC3CC3)n(-c3ccc(F)cc3)n2)cc1C. The number of aromatic nitrogens is 2. The molecule has 3 aromatic rings. The Morgan fingerprint density at radius 2 is 1.81 bits per heavy atom. The lowest BCUT2D eigenvalue weighted by Gasteiger charge is -2.07. The third kappa shape index (κ3) is 3.25. The maximum atomic E-state index is 13.3. The van der Waals surface area contributed by atoms with Crippen LogP contribution in [-0.2, 0) is 0 Å². The Labute approximate surface area is 151 Å². The van der Waals surface area contributed by atoms with Crippen molar-refractivity contribution in [3.8, 4) is 16.9 Å². The Kier molecular flexibility index (Phi) is 4.07. The van der Waals surface area contributed by atoms with Crippen molar-refractivity contribution < 1.29 is 9.18 Å². The van der Waals surface area contributed by atoms with Gasteiger partial charge in [0.2, 0.25) is 0 Å². The number of carbonyl (C=O) groups is 1. The van der Waals surface area contributed by atoms with Crippen LogP contribution in [0.15, 0.2) is 48.5 Å². The quantitative estimate of drug-likeness (QED) is 0.768. The number of nitrogens with zero attached hydrogens (tertiary/aromatic N) is 2. The van der Waals surface area contributed by atoms with Crippen molar-refractivity contribution in [2.75, 3.05) is 0 Å². The Morgan fingerprint density at radius 1 is 1.08 bits per heavy atom. The van der Waals surface area contributed by atoms with E-state index in [0.29, 0.717) is 11.4 Å². The van der Waals surface area contributed by atoms with E-state index in [0.717, 1.165) is 24.1 Å². The number of benzene rings is 2. The maximum absolute atomic E-state index is 13.3. The van der Waals surface area contributed by atoms with Gasteiger partial charge in [0, 0.05) is 11.6 Å². The number of halogens is 1. The van der Waals surface area contributed by atoms with Crippen LogP contribution in [-0.4, -0.2) is 21.7 Å². The van der Waals surface area contributed by atoms with Crippen LogP contribution in [0.4, 0.5) is 4.39 Å². The number of rotatable bonds is 4. The third-order valence-electron chi connectivity index (χ3n) is 4.73. The van der Waals surface area contributed by atoms with Crippen LogP contribution in [0.2, 0.25) is 0 Å². The predicted molar refractivity (Wildman–Crippen MR) is 98.9 cm³/mol. The lowest BCUT2D eigenvalue weighted by atomic mass is 10.0. The first-order valence-electron chi connectivity index (χ1n) is 8.76. The van der Waals surface area contributed by atoms with Crippen LogP contribution in [0.5, 0.6) is 0 Å². The summed E-state index contributed by atoms with van der Waals surface area (Å²) in [5, 5.41) is 7.64. The smallest absolute Gasteiger partial charge is 0.270 e. The minimum absolute atomic E-state index is 0.153. The van der Waals surface area contributed by atoms with E-state index in [-0.39, 0.29) is 17.8 Å². The van der Waals surface area contributed by atoms with Crippen molar-refractivity contribution in [1.29, 1.82) is 0 Å². The van der Waals surface area contributed by atoms with Crippen LogP contribution in [0.1, 0.15) is 34.5 Å². The molecular formula is C21H20FN3O. The number of amides is 1. The summed E-state index contributed by atoms with van der Waals surface area (Å²) in [6.07, 6.45) is 2.03. The summed E-state index contributed by atoms with van der Waals surface area (Å²) < 4.78 is 14.9. The van der Waals surface area contributed by atoms with Gasteiger partial charge in [0.1, 0.15) is 11.5 Å². The van der Waals surface area contributed by atoms with Gasteiger partial charge in [-0.1, -0.05) is 12.1 Å². The first kappa shape index (κ1) is 16.5. The number of aryl methyl sites for hydroxylation is 2. The van der Waals surface area contributed by atoms with E-state index in [9.17, 15) is 9.18 Å². The van der Waals surface area contributed by atoms with Gasteiger partial charge < -0.3 is 5.32 Å². The average molecular weight is 349 g/mol. The molecule has 1 fully saturated rings. The second-order valence-corrected chi connectivity index (χ2v) is 6.85. The zero-order chi connectivity index (χ0) is 18.3. The molecule has 4 rings (SSSR count). The average Bonchev–Trinajstić information content (AvgIpc) is 3.32. The van der Waals surface area contributed by atoms with E-state index in [1.165, 1.54) is 23.3 Å². The maximum Gasteiger partial charge on any atom is 0.270 e. The Balaban J connectivity index is 1.79. The molecule has 1 aromatic heterocycles. The minimum Gasteiger partial charge on any atom is -0.348 e. The molecule has 1 aliphatic rings. The summed E-state index contributed by atoms with van der Waals surface area (Å²) in [6, 6.07) is 14.2. The second kappa shape index (κ2) is 6.41. The monoisotopic (exact) mass is 349 g/mol. The van der Waals surface area contributed by atoms with Crippen molar-refractivity contribution in [1.82, 2.24) is 15.1 Å². The zero-order valence-electron chi connectivity index (χ0n) is 14.8. The normalized spacial score (nSPS) is 13.7. The molecule has 1 amide bonds. The molecule has 1 saturated carbocycles. The molecule has 4 nitrogen and oxygen atoms in total. The third-order valence-corrected chi connectivity index (χ3v) is 4.73. The molecule has 1 N–H and O–H groups in total. The first-order chi connectivity index (χ1) is 12.5. The molecule has 26 heavy (non-hydrogen) atoms. The van der Waals surface area contributed by atoms with Crippen LogP contribution < -0.4 is 5.32 Å². The summed E-state index contributed by atoms with van der Waals surface area (Å²) in [7, 11) is 0. The van der Waals surface area contributed by atoms with E-state index in [1.54, 1.807) is 22.9 Å². The fraction of sp³-hybridized carbons (Fsp3) is 0.238. The number of hydrogen-bond acceptors (Lipinski definition) is 2. The Hall–Kier alpha value is -2.95. The largest absolute Gasteiger partial charge is 0.348 e. The van der Waals surface area contributed by atoms with Crippen LogP contribution in [0.25, 0.3) is 16.9 Å². The fourth-order valence-corrected chi connectivity index (χ4v) is 2.85. The lowest BCUT2D eigenvalue weighted by molar-refractivity contribution is 0.0943. The van der Waals surface area contributed by atoms with Crippen LogP contribution in [0, 0.1) is 19.7 Å². The van der Waals surface area contributed by atoms with Gasteiger partial charge in [-0.3, -0.25) is 4.79 Å². The molecule has 0 unspecified atom stereocenters. The highest BCUT2D eigenvalue weighted by molar-refractivity contribution is 5.94. The Morgan fingerprint density at radius 3 is 2.46 bits per heavy atom. The van der Waals surface area contributed by atoms with Gasteiger partial charge in [-0.25, -0.2) is 9.07 Å². The topological polar surface area (TPSA) is 46.9 Å². The van der Waals surface area contributed by atoms with Gasteiger partial charge in [0.25, 0.3) is 5.91 Å². The summed E-state index contributed by atoms with van der Waals surface area (Å²) in [5.74, 6) is -0.473. The highest BCUT2D eigenvalue weighted by Gasteiger charge is 2.26. The summed E-state index contributed by atoms with van der Waals surface area (Å²) in [5.41, 5.74) is 5.16. The summed E-state index contributed by atoms with van der Waals surface area (Å²) in [6.45, 7) is 4.11.